The lowest BCUT2D eigenvalue weighted by atomic mass is 9.73. The summed E-state index contributed by atoms with van der Waals surface area (Å²) in [6.45, 7) is 12.6. The molecule has 1 fully saturated rings. The van der Waals surface area contributed by atoms with Crippen LogP contribution >= 0.6 is 0 Å². The van der Waals surface area contributed by atoms with Crippen LogP contribution in [0.1, 0.15) is 71.6 Å². The molecule has 2 atom stereocenters. The molecule has 1 aliphatic heterocycles. The van der Waals surface area contributed by atoms with Gasteiger partial charge in [-0.1, -0.05) is 6.07 Å². The summed E-state index contributed by atoms with van der Waals surface area (Å²) in [6.07, 6.45) is 1.93. The molecule has 3 rings (SSSR count). The molecular weight excluding hydrogens is 391 g/mol. The quantitative estimate of drug-likeness (QED) is 0.711. The Kier molecular flexibility index (Phi) is 5.98. The van der Waals surface area contributed by atoms with Gasteiger partial charge in [0.1, 0.15) is 16.2 Å². The van der Waals surface area contributed by atoms with Crippen molar-refractivity contribution in [3.63, 3.8) is 0 Å². The van der Waals surface area contributed by atoms with Crippen LogP contribution in [0.5, 0.6) is 0 Å². The van der Waals surface area contributed by atoms with E-state index in [1.54, 1.807) is 11.0 Å². The van der Waals surface area contributed by atoms with Crippen LogP contribution in [0.3, 0.4) is 0 Å². The first-order valence-electron chi connectivity index (χ1n) is 10.3. The number of amides is 1. The van der Waals surface area contributed by atoms with Crippen molar-refractivity contribution in [3.05, 3.63) is 35.1 Å². The normalized spacial score (nSPS) is 22.5. The number of fused-ring (bicyclic) bond motifs is 1. The molecule has 0 aromatic heterocycles. The van der Waals surface area contributed by atoms with E-state index in [9.17, 15) is 13.7 Å². The molecule has 1 aromatic rings. The van der Waals surface area contributed by atoms with Gasteiger partial charge in [-0.05, 0) is 84.1 Å². The number of nitrogens with zero attached hydrogens (tertiary/aromatic N) is 1. The minimum atomic E-state index is -1.25. The van der Waals surface area contributed by atoms with E-state index in [0.717, 1.165) is 30.4 Å². The highest BCUT2D eigenvalue weighted by atomic mass is 32.2. The van der Waals surface area contributed by atoms with Crippen molar-refractivity contribution in [2.75, 3.05) is 13.1 Å². The Morgan fingerprint density at radius 1 is 1.24 bits per heavy atom. The summed E-state index contributed by atoms with van der Waals surface area (Å²) in [6, 6.07) is 4.76. The van der Waals surface area contributed by atoms with Gasteiger partial charge in [0.25, 0.3) is 0 Å². The van der Waals surface area contributed by atoms with Crippen LogP contribution in [0.4, 0.5) is 9.18 Å². The van der Waals surface area contributed by atoms with Crippen LogP contribution in [-0.2, 0) is 22.5 Å². The highest BCUT2D eigenvalue weighted by Gasteiger charge is 2.51. The second-order valence-electron chi connectivity index (χ2n) is 10.3. The van der Waals surface area contributed by atoms with Gasteiger partial charge < -0.3 is 14.2 Å². The van der Waals surface area contributed by atoms with E-state index in [2.05, 4.69) is 4.72 Å². The van der Waals surface area contributed by atoms with E-state index in [-0.39, 0.29) is 23.4 Å². The summed E-state index contributed by atoms with van der Waals surface area (Å²) < 4.78 is 35.2. The average molecular weight is 425 g/mol. The molecule has 1 amide bonds. The highest BCUT2D eigenvalue weighted by Crippen LogP contribution is 2.52. The van der Waals surface area contributed by atoms with Crippen LogP contribution in [0.15, 0.2) is 18.2 Å². The summed E-state index contributed by atoms with van der Waals surface area (Å²) in [5.41, 5.74) is 1.28. The molecule has 162 valence electrons. The molecule has 7 heteroatoms. The number of nitrogens with one attached hydrogen (secondary N) is 1. The summed E-state index contributed by atoms with van der Waals surface area (Å²) in [7, 11) is 0. The molecule has 1 aromatic carbocycles. The van der Waals surface area contributed by atoms with Crippen molar-refractivity contribution in [2.45, 2.75) is 77.2 Å². The third-order valence-electron chi connectivity index (χ3n) is 5.76. The first kappa shape index (κ1) is 22.4. The lowest BCUT2D eigenvalue weighted by molar-refractivity contribution is 0.00716. The maximum absolute atomic E-state index is 13.9. The number of hydrogen-bond donors (Lipinski definition) is 1. The smallest absolute Gasteiger partial charge is 0.410 e. The van der Waals surface area contributed by atoms with Gasteiger partial charge in [0.2, 0.25) is 0 Å². The van der Waals surface area contributed by atoms with Crippen molar-refractivity contribution in [2.24, 2.45) is 5.41 Å². The molecule has 0 radical (unpaired) electrons. The van der Waals surface area contributed by atoms with Gasteiger partial charge in [0.15, 0.2) is 0 Å². The maximum Gasteiger partial charge on any atom is 0.410 e. The molecule has 2 aliphatic rings. The number of piperidine rings is 1. The fourth-order valence-corrected chi connectivity index (χ4v) is 5.16. The minimum absolute atomic E-state index is 0.126. The Morgan fingerprint density at radius 3 is 2.41 bits per heavy atom. The second kappa shape index (κ2) is 7.75. The molecule has 1 heterocycles. The van der Waals surface area contributed by atoms with Gasteiger partial charge in [-0.25, -0.2) is 9.18 Å². The van der Waals surface area contributed by atoms with Crippen LogP contribution in [-0.4, -0.2) is 39.0 Å². The molecule has 29 heavy (non-hydrogen) atoms. The fourth-order valence-electron chi connectivity index (χ4n) is 4.22. The summed E-state index contributed by atoms with van der Waals surface area (Å²) in [5.74, 6) is -0.248. The van der Waals surface area contributed by atoms with Gasteiger partial charge in [0.05, 0.1) is 6.04 Å². The van der Waals surface area contributed by atoms with E-state index >= 15 is 0 Å². The van der Waals surface area contributed by atoms with Crippen molar-refractivity contribution in [1.29, 1.82) is 0 Å². The Hall–Kier alpha value is -1.31. The lowest BCUT2D eigenvalue weighted by Gasteiger charge is -2.43. The molecular formula is C22H33FN2O3S. The Bertz CT molecular complexity index is 764. The number of hydrogen-bond acceptors (Lipinski definition) is 4. The molecule has 1 saturated heterocycles. The Balaban J connectivity index is 1.81. The first-order valence-corrected chi connectivity index (χ1v) is 11.4. The van der Waals surface area contributed by atoms with E-state index in [4.69, 9.17) is 4.74 Å². The largest absolute Gasteiger partial charge is 0.598 e. The molecule has 0 bridgehead atoms. The number of likely N-dealkylation sites (tertiary alicyclic amines) is 1. The predicted octanol–water partition coefficient (Wildman–Crippen LogP) is 4.49. The second-order valence-corrected chi connectivity index (χ2v) is 12.3. The molecule has 1 aliphatic carbocycles. The minimum Gasteiger partial charge on any atom is -0.598 e. The number of benzene rings is 1. The zero-order valence-electron chi connectivity index (χ0n) is 18.3. The maximum atomic E-state index is 13.9. The zero-order chi connectivity index (χ0) is 21.6. The predicted molar refractivity (Wildman–Crippen MR) is 113 cm³/mol. The van der Waals surface area contributed by atoms with Crippen LogP contribution in [0.2, 0.25) is 0 Å². The van der Waals surface area contributed by atoms with Crippen LogP contribution in [0.25, 0.3) is 0 Å². The monoisotopic (exact) mass is 424 g/mol. The molecule has 1 spiro atoms. The summed E-state index contributed by atoms with van der Waals surface area (Å²) in [4.78, 5) is 14.2. The van der Waals surface area contributed by atoms with Crippen molar-refractivity contribution < 1.29 is 18.5 Å². The van der Waals surface area contributed by atoms with Gasteiger partial charge >= 0.3 is 6.09 Å². The summed E-state index contributed by atoms with van der Waals surface area (Å²) in [5, 5.41) is 0. The number of halogens is 1. The molecule has 0 saturated carbocycles. The number of carbonyl (C=O) groups is 1. The van der Waals surface area contributed by atoms with E-state index in [1.807, 2.05) is 47.6 Å². The Morgan fingerprint density at radius 2 is 1.86 bits per heavy atom. The van der Waals surface area contributed by atoms with Crippen LogP contribution < -0.4 is 4.72 Å². The number of carbonyl (C=O) groups excluding carboxylic acids is 1. The standard InChI is InChI=1S/C22H33FN2O3S/c1-20(2,3)28-19(26)25-11-9-22(10-12-25)14-15-13-16(23)7-8-17(15)18(22)24-29(27)21(4,5)6/h7-8,13,18,24H,9-12,14H2,1-6H3/t18-,29?/m0/s1. The fraction of sp³-hybridized carbons (Fsp3) is 0.682. The molecule has 5 nitrogen and oxygen atoms in total. The first-order chi connectivity index (χ1) is 13.3. The third-order valence-corrected chi connectivity index (χ3v) is 7.33. The van der Waals surface area contributed by atoms with Gasteiger partial charge in [-0.2, -0.15) is 0 Å². The van der Waals surface area contributed by atoms with Gasteiger partial charge in [0, 0.05) is 29.9 Å². The number of ether oxygens (including phenoxy) is 1. The van der Waals surface area contributed by atoms with Crippen LogP contribution in [0, 0.1) is 11.2 Å². The molecule has 1 N–H and O–H groups in total. The zero-order valence-corrected chi connectivity index (χ0v) is 19.1. The van der Waals surface area contributed by atoms with E-state index in [0.29, 0.717) is 13.1 Å². The van der Waals surface area contributed by atoms with E-state index < -0.39 is 21.7 Å². The topological polar surface area (TPSA) is 64.6 Å². The van der Waals surface area contributed by atoms with Crippen molar-refractivity contribution >= 4 is 17.5 Å². The Labute approximate surface area is 176 Å². The van der Waals surface area contributed by atoms with E-state index in [1.165, 1.54) is 6.07 Å². The summed E-state index contributed by atoms with van der Waals surface area (Å²) >= 11 is -1.25. The van der Waals surface area contributed by atoms with Gasteiger partial charge in [-0.3, -0.25) is 0 Å². The lowest BCUT2D eigenvalue weighted by Crippen LogP contribution is -2.51. The SMILES string of the molecule is CC(C)(C)OC(=O)N1CCC2(CC1)Cc1cc(F)ccc1[C@@H]2N[S+]([O-])C(C)(C)C. The van der Waals surface area contributed by atoms with Crippen molar-refractivity contribution in [1.82, 2.24) is 9.62 Å². The number of rotatable bonds is 2. The third kappa shape index (κ3) is 4.89. The average Bonchev–Trinajstić information content (AvgIpc) is 2.85. The van der Waals surface area contributed by atoms with Crippen molar-refractivity contribution in [3.8, 4) is 0 Å². The highest BCUT2D eigenvalue weighted by molar-refractivity contribution is 7.90. The van der Waals surface area contributed by atoms with Gasteiger partial charge in [-0.15, -0.1) is 4.72 Å². The molecule has 1 unspecified atom stereocenters.